The maximum atomic E-state index is 12.5. The number of para-hydroxylation sites is 1. The van der Waals surface area contributed by atoms with Gasteiger partial charge in [0.1, 0.15) is 18.1 Å². The van der Waals surface area contributed by atoms with Gasteiger partial charge in [-0.3, -0.25) is 19.2 Å². The predicted molar refractivity (Wildman–Crippen MR) is 123 cm³/mol. The van der Waals surface area contributed by atoms with Crippen LogP contribution in [0.3, 0.4) is 0 Å². The molecule has 3 amide bonds. The van der Waals surface area contributed by atoms with E-state index in [4.69, 9.17) is 15.9 Å². The third-order valence-electron chi connectivity index (χ3n) is 5.26. The first-order chi connectivity index (χ1) is 16.4. The van der Waals surface area contributed by atoms with Crippen molar-refractivity contribution in [3.63, 3.8) is 0 Å². The first-order valence-corrected chi connectivity index (χ1v) is 10.7. The summed E-state index contributed by atoms with van der Waals surface area (Å²) in [5.74, 6) is -5.62. The SMILES string of the molecule is CC(NC(=O)C(N)Cc1c[nH]c2ccccc12)C(=O)NC(C(=O)NC(CC(=O)O)C(=O)O)C(C)O. The van der Waals surface area contributed by atoms with Gasteiger partial charge >= 0.3 is 11.9 Å². The predicted octanol–water partition coefficient (Wildman–Crippen LogP) is -1.55. The summed E-state index contributed by atoms with van der Waals surface area (Å²) in [6.07, 6.45) is -0.412. The lowest BCUT2D eigenvalue weighted by Gasteiger charge is -2.25. The Labute approximate surface area is 200 Å². The van der Waals surface area contributed by atoms with Crippen molar-refractivity contribution < 1.29 is 39.3 Å². The maximum absolute atomic E-state index is 12.5. The molecular weight excluding hydrogens is 462 g/mol. The standard InChI is InChI=1S/C22H29N5O8/c1-10(25-20(32)14(23)7-12-9-24-15-6-4-3-5-13(12)15)19(31)27-18(11(2)28)21(33)26-16(22(34)35)8-17(29)30/h3-6,9-11,14,16,18,24,28H,7-8,23H2,1-2H3,(H,25,32)(H,26,33)(H,27,31)(H,29,30)(H,34,35). The van der Waals surface area contributed by atoms with E-state index in [-0.39, 0.29) is 6.42 Å². The minimum atomic E-state index is -1.77. The number of aromatic amines is 1. The molecule has 0 aliphatic rings. The maximum Gasteiger partial charge on any atom is 0.326 e. The van der Waals surface area contributed by atoms with Crippen LogP contribution in [-0.2, 0) is 30.4 Å². The van der Waals surface area contributed by atoms with Crippen molar-refractivity contribution >= 4 is 40.6 Å². The average Bonchev–Trinajstić information content (AvgIpc) is 3.18. The normalized spacial score (nSPS) is 15.3. The van der Waals surface area contributed by atoms with Crippen LogP contribution in [0.4, 0.5) is 0 Å². The number of aromatic nitrogens is 1. The minimum absolute atomic E-state index is 0.197. The fourth-order valence-corrected chi connectivity index (χ4v) is 3.34. The highest BCUT2D eigenvalue weighted by Crippen LogP contribution is 2.18. The largest absolute Gasteiger partial charge is 0.481 e. The molecule has 1 aromatic carbocycles. The summed E-state index contributed by atoms with van der Waals surface area (Å²) < 4.78 is 0. The molecule has 0 aliphatic carbocycles. The molecule has 0 saturated heterocycles. The van der Waals surface area contributed by atoms with Crippen molar-refractivity contribution in [2.24, 2.45) is 5.73 Å². The number of aliphatic carboxylic acids is 2. The van der Waals surface area contributed by atoms with Gasteiger partial charge in [0.2, 0.25) is 17.7 Å². The van der Waals surface area contributed by atoms with Crippen molar-refractivity contribution in [2.45, 2.75) is 57.0 Å². The van der Waals surface area contributed by atoms with Crippen LogP contribution in [0.5, 0.6) is 0 Å². The van der Waals surface area contributed by atoms with E-state index >= 15 is 0 Å². The van der Waals surface area contributed by atoms with E-state index in [1.165, 1.54) is 13.8 Å². The lowest BCUT2D eigenvalue weighted by Crippen LogP contribution is -2.59. The fraction of sp³-hybridized carbons (Fsp3) is 0.409. The quantitative estimate of drug-likeness (QED) is 0.172. The van der Waals surface area contributed by atoms with Gasteiger partial charge in [-0.05, 0) is 31.9 Å². The Balaban J connectivity index is 1.97. The summed E-state index contributed by atoms with van der Waals surface area (Å²) in [6, 6.07) is 1.99. The first kappa shape index (κ1) is 27.3. The average molecular weight is 492 g/mol. The Morgan fingerprint density at radius 1 is 0.971 bits per heavy atom. The van der Waals surface area contributed by atoms with Crippen molar-refractivity contribution in [1.29, 1.82) is 0 Å². The van der Waals surface area contributed by atoms with Gasteiger partial charge < -0.3 is 42.0 Å². The second-order valence-electron chi connectivity index (χ2n) is 8.12. The molecule has 1 aromatic heterocycles. The van der Waals surface area contributed by atoms with Gasteiger partial charge in [0.15, 0.2) is 0 Å². The summed E-state index contributed by atoms with van der Waals surface area (Å²) in [6.45, 7) is 2.52. The van der Waals surface area contributed by atoms with Crippen LogP contribution < -0.4 is 21.7 Å². The Kier molecular flexibility index (Phi) is 9.31. The highest BCUT2D eigenvalue weighted by atomic mass is 16.4. The molecule has 190 valence electrons. The van der Waals surface area contributed by atoms with Crippen molar-refractivity contribution in [2.75, 3.05) is 0 Å². The zero-order chi connectivity index (χ0) is 26.3. The molecule has 0 spiro atoms. The number of nitrogens with two attached hydrogens (primary N) is 1. The molecule has 13 nitrogen and oxygen atoms in total. The minimum Gasteiger partial charge on any atom is -0.481 e. The van der Waals surface area contributed by atoms with Gasteiger partial charge in [0.25, 0.3) is 0 Å². The molecule has 1 heterocycles. The number of aliphatic hydroxyl groups is 1. The van der Waals surface area contributed by atoms with E-state index in [1.54, 1.807) is 6.20 Å². The number of carbonyl (C=O) groups is 5. The van der Waals surface area contributed by atoms with E-state index < -0.39 is 66.4 Å². The number of carboxylic acid groups (broad SMARTS) is 2. The highest BCUT2D eigenvalue weighted by molar-refractivity contribution is 5.95. The lowest BCUT2D eigenvalue weighted by atomic mass is 10.0. The van der Waals surface area contributed by atoms with Crippen LogP contribution >= 0.6 is 0 Å². The number of aliphatic hydroxyl groups excluding tert-OH is 1. The molecule has 13 heteroatoms. The van der Waals surface area contributed by atoms with E-state index in [0.29, 0.717) is 0 Å². The van der Waals surface area contributed by atoms with Gasteiger partial charge in [-0.1, -0.05) is 18.2 Å². The molecule has 0 saturated carbocycles. The van der Waals surface area contributed by atoms with Crippen LogP contribution in [-0.4, -0.2) is 80.2 Å². The number of benzene rings is 1. The third kappa shape index (κ3) is 7.52. The Hall–Kier alpha value is -3.97. The first-order valence-electron chi connectivity index (χ1n) is 10.7. The summed E-state index contributed by atoms with van der Waals surface area (Å²) in [7, 11) is 0. The number of hydrogen-bond acceptors (Lipinski definition) is 7. The Morgan fingerprint density at radius 2 is 1.63 bits per heavy atom. The molecule has 0 aliphatic heterocycles. The molecule has 9 N–H and O–H groups in total. The molecule has 2 aromatic rings. The van der Waals surface area contributed by atoms with E-state index in [2.05, 4.69) is 15.6 Å². The van der Waals surface area contributed by atoms with Crippen molar-refractivity contribution in [3.8, 4) is 0 Å². The topological polar surface area (TPSA) is 224 Å². The van der Waals surface area contributed by atoms with Crippen LogP contribution in [0.25, 0.3) is 10.9 Å². The summed E-state index contributed by atoms with van der Waals surface area (Å²) in [4.78, 5) is 62.5. The summed E-state index contributed by atoms with van der Waals surface area (Å²) in [5.41, 5.74) is 7.71. The van der Waals surface area contributed by atoms with Gasteiger partial charge in [-0.25, -0.2) is 4.79 Å². The van der Waals surface area contributed by atoms with E-state index in [0.717, 1.165) is 16.5 Å². The van der Waals surface area contributed by atoms with E-state index in [9.17, 15) is 29.1 Å². The molecule has 0 bridgehead atoms. The highest BCUT2D eigenvalue weighted by Gasteiger charge is 2.32. The number of H-pyrrole nitrogens is 1. The monoisotopic (exact) mass is 491 g/mol. The smallest absolute Gasteiger partial charge is 0.326 e. The Bertz CT molecular complexity index is 1100. The number of hydrogen-bond donors (Lipinski definition) is 8. The number of rotatable bonds is 12. The molecule has 5 atom stereocenters. The van der Waals surface area contributed by atoms with Crippen molar-refractivity contribution in [1.82, 2.24) is 20.9 Å². The number of nitrogens with one attached hydrogen (secondary N) is 4. The number of carboxylic acids is 2. The Morgan fingerprint density at radius 3 is 2.23 bits per heavy atom. The zero-order valence-electron chi connectivity index (χ0n) is 19.1. The molecule has 5 unspecified atom stereocenters. The van der Waals surface area contributed by atoms with Crippen LogP contribution in [0.1, 0.15) is 25.8 Å². The van der Waals surface area contributed by atoms with Gasteiger partial charge in [0.05, 0.1) is 18.6 Å². The van der Waals surface area contributed by atoms with E-state index in [1.807, 2.05) is 29.6 Å². The third-order valence-corrected chi connectivity index (χ3v) is 5.26. The summed E-state index contributed by atoms with van der Waals surface area (Å²) in [5, 5.41) is 35.3. The lowest BCUT2D eigenvalue weighted by molar-refractivity contribution is -0.147. The number of fused-ring (bicyclic) bond motifs is 1. The van der Waals surface area contributed by atoms with Gasteiger partial charge in [-0.2, -0.15) is 0 Å². The second-order valence-corrected chi connectivity index (χ2v) is 8.12. The van der Waals surface area contributed by atoms with Crippen LogP contribution in [0.15, 0.2) is 30.5 Å². The molecule has 2 rings (SSSR count). The van der Waals surface area contributed by atoms with Crippen LogP contribution in [0, 0.1) is 0 Å². The van der Waals surface area contributed by atoms with Crippen molar-refractivity contribution in [3.05, 3.63) is 36.0 Å². The molecule has 35 heavy (non-hydrogen) atoms. The molecule has 0 radical (unpaired) electrons. The van der Waals surface area contributed by atoms with Gasteiger partial charge in [0, 0.05) is 17.1 Å². The molecule has 0 fully saturated rings. The fourth-order valence-electron chi connectivity index (χ4n) is 3.34. The number of carbonyl (C=O) groups excluding carboxylic acids is 3. The van der Waals surface area contributed by atoms with Crippen LogP contribution in [0.2, 0.25) is 0 Å². The number of amides is 3. The zero-order valence-corrected chi connectivity index (χ0v) is 19.1. The van der Waals surface area contributed by atoms with Gasteiger partial charge in [-0.15, -0.1) is 0 Å². The summed E-state index contributed by atoms with van der Waals surface area (Å²) >= 11 is 0. The molecular formula is C22H29N5O8. The second kappa shape index (κ2) is 11.9.